The van der Waals surface area contributed by atoms with Gasteiger partial charge in [0.25, 0.3) is 0 Å². The van der Waals surface area contributed by atoms with Gasteiger partial charge in [-0.1, -0.05) is 40.5 Å². The Balaban J connectivity index is 1.93. The van der Waals surface area contributed by atoms with Crippen molar-refractivity contribution in [3.8, 4) is 0 Å². The van der Waals surface area contributed by atoms with Crippen molar-refractivity contribution >= 4 is 0 Å². The zero-order valence-electron chi connectivity index (χ0n) is 11.4. The molecule has 1 nitrogen and oxygen atoms in total. The predicted octanol–water partition coefficient (Wildman–Crippen LogP) is 3.69. The normalized spacial score (nSPS) is 47.6. The van der Waals surface area contributed by atoms with Crippen molar-refractivity contribution < 1.29 is 0 Å². The van der Waals surface area contributed by atoms with E-state index in [-0.39, 0.29) is 0 Å². The van der Waals surface area contributed by atoms with E-state index >= 15 is 0 Å². The lowest BCUT2D eigenvalue weighted by molar-refractivity contribution is 0.0659. The molecular weight excluding hydrogens is 194 g/mol. The van der Waals surface area contributed by atoms with E-state index in [1.807, 2.05) is 0 Å². The van der Waals surface area contributed by atoms with Gasteiger partial charge in [-0.3, -0.25) is 4.90 Å². The monoisotopic (exact) mass is 221 g/mol. The Labute approximate surface area is 101 Å². The van der Waals surface area contributed by atoms with Gasteiger partial charge >= 0.3 is 0 Å². The average Bonchev–Trinajstić information content (AvgIpc) is 2.83. The number of rotatable bonds is 1. The highest BCUT2D eigenvalue weighted by molar-refractivity contribution is 5.23. The highest BCUT2D eigenvalue weighted by atomic mass is 15.3. The standard InChI is InChI=1S/C15H27N/c1-5-16-12-10-15(12)9-7-6-8-11(15)13(16)14(2,3)4/h11-13H,5-10H2,1-4H3. The van der Waals surface area contributed by atoms with Gasteiger partial charge in [0.2, 0.25) is 0 Å². The summed E-state index contributed by atoms with van der Waals surface area (Å²) in [4.78, 5) is 2.86. The van der Waals surface area contributed by atoms with Crippen LogP contribution in [0.5, 0.6) is 0 Å². The van der Waals surface area contributed by atoms with E-state index in [9.17, 15) is 0 Å². The van der Waals surface area contributed by atoms with Crippen molar-refractivity contribution in [2.75, 3.05) is 6.54 Å². The molecule has 3 fully saturated rings. The number of hydrogen-bond acceptors (Lipinski definition) is 1. The van der Waals surface area contributed by atoms with Crippen LogP contribution < -0.4 is 0 Å². The van der Waals surface area contributed by atoms with E-state index in [2.05, 4.69) is 32.6 Å². The minimum Gasteiger partial charge on any atom is -0.296 e. The third-order valence-corrected chi connectivity index (χ3v) is 5.61. The molecular formula is C15H27N. The number of piperidine rings is 1. The van der Waals surface area contributed by atoms with Gasteiger partial charge in [-0.05, 0) is 42.6 Å². The van der Waals surface area contributed by atoms with Crippen LogP contribution in [0, 0.1) is 16.7 Å². The van der Waals surface area contributed by atoms with Crippen LogP contribution in [-0.4, -0.2) is 23.5 Å². The Morgan fingerprint density at radius 1 is 1.25 bits per heavy atom. The summed E-state index contributed by atoms with van der Waals surface area (Å²) >= 11 is 0. The smallest absolute Gasteiger partial charge is 0.0181 e. The molecule has 0 aromatic carbocycles. The quantitative estimate of drug-likeness (QED) is 0.653. The van der Waals surface area contributed by atoms with Gasteiger partial charge in [0, 0.05) is 12.1 Å². The molecule has 3 rings (SSSR count). The Bertz CT molecular complexity index is 290. The van der Waals surface area contributed by atoms with Crippen LogP contribution in [0.1, 0.15) is 59.8 Å². The predicted molar refractivity (Wildman–Crippen MR) is 68.4 cm³/mol. The third-order valence-electron chi connectivity index (χ3n) is 5.61. The molecule has 16 heavy (non-hydrogen) atoms. The van der Waals surface area contributed by atoms with E-state index in [1.165, 1.54) is 38.6 Å². The Hall–Kier alpha value is -0.0400. The number of likely N-dealkylation sites (tertiary alicyclic amines) is 1. The van der Waals surface area contributed by atoms with Crippen molar-refractivity contribution in [1.82, 2.24) is 4.90 Å². The van der Waals surface area contributed by atoms with Gasteiger partial charge < -0.3 is 0 Å². The van der Waals surface area contributed by atoms with Crippen molar-refractivity contribution in [1.29, 1.82) is 0 Å². The van der Waals surface area contributed by atoms with E-state index < -0.39 is 0 Å². The molecule has 0 radical (unpaired) electrons. The van der Waals surface area contributed by atoms with Crippen molar-refractivity contribution in [2.24, 2.45) is 16.7 Å². The molecule has 1 saturated heterocycles. The van der Waals surface area contributed by atoms with Crippen LogP contribution in [0.4, 0.5) is 0 Å². The maximum absolute atomic E-state index is 2.86. The molecule has 2 saturated carbocycles. The first-order chi connectivity index (χ1) is 7.50. The molecule has 2 aliphatic carbocycles. The van der Waals surface area contributed by atoms with Gasteiger partial charge in [0.15, 0.2) is 0 Å². The van der Waals surface area contributed by atoms with Crippen molar-refractivity contribution in [2.45, 2.75) is 71.9 Å². The molecule has 0 aromatic rings. The molecule has 3 aliphatic rings. The lowest BCUT2D eigenvalue weighted by atomic mass is 9.68. The van der Waals surface area contributed by atoms with Crippen LogP contribution in [-0.2, 0) is 0 Å². The summed E-state index contributed by atoms with van der Waals surface area (Å²) in [7, 11) is 0. The average molecular weight is 221 g/mol. The second-order valence-electron chi connectivity index (χ2n) is 7.45. The maximum atomic E-state index is 2.86. The van der Waals surface area contributed by atoms with E-state index in [1.54, 1.807) is 0 Å². The fourth-order valence-corrected chi connectivity index (χ4v) is 5.12. The largest absolute Gasteiger partial charge is 0.296 e. The van der Waals surface area contributed by atoms with Crippen LogP contribution in [0.15, 0.2) is 0 Å². The summed E-state index contributed by atoms with van der Waals surface area (Å²) in [5.74, 6) is 1.02. The summed E-state index contributed by atoms with van der Waals surface area (Å²) in [5.41, 5.74) is 1.25. The topological polar surface area (TPSA) is 3.24 Å². The molecule has 1 heterocycles. The minimum atomic E-state index is 0.471. The van der Waals surface area contributed by atoms with Gasteiger partial charge in [0.1, 0.15) is 0 Å². The van der Waals surface area contributed by atoms with Gasteiger partial charge in [-0.2, -0.15) is 0 Å². The van der Waals surface area contributed by atoms with E-state index in [4.69, 9.17) is 0 Å². The number of nitrogens with zero attached hydrogens (tertiary/aromatic N) is 1. The summed E-state index contributed by atoms with van der Waals surface area (Å²) in [6.45, 7) is 11.0. The second-order valence-corrected chi connectivity index (χ2v) is 7.45. The zero-order chi connectivity index (χ0) is 11.6. The molecule has 1 aliphatic heterocycles. The molecule has 92 valence electrons. The van der Waals surface area contributed by atoms with Gasteiger partial charge in [-0.15, -0.1) is 0 Å². The summed E-state index contributed by atoms with van der Waals surface area (Å²) in [5, 5.41) is 0. The molecule has 1 heteroatoms. The van der Waals surface area contributed by atoms with Crippen LogP contribution >= 0.6 is 0 Å². The van der Waals surface area contributed by atoms with Crippen LogP contribution in [0.2, 0.25) is 0 Å². The number of hydrogen-bond donors (Lipinski definition) is 0. The van der Waals surface area contributed by atoms with Crippen molar-refractivity contribution in [3.63, 3.8) is 0 Å². The highest BCUT2D eigenvalue weighted by Crippen LogP contribution is 2.70. The van der Waals surface area contributed by atoms with Crippen LogP contribution in [0.3, 0.4) is 0 Å². The molecule has 1 spiro atoms. The summed E-state index contributed by atoms with van der Waals surface area (Å²) < 4.78 is 0. The van der Waals surface area contributed by atoms with Gasteiger partial charge in [-0.25, -0.2) is 0 Å². The fraction of sp³-hybridized carbons (Fsp3) is 1.00. The third kappa shape index (κ3) is 1.27. The zero-order valence-corrected chi connectivity index (χ0v) is 11.4. The lowest BCUT2D eigenvalue weighted by Gasteiger charge is -2.43. The van der Waals surface area contributed by atoms with Crippen LogP contribution in [0.25, 0.3) is 0 Å². The van der Waals surface area contributed by atoms with Gasteiger partial charge in [0.05, 0.1) is 0 Å². The Kier molecular flexibility index (Phi) is 2.25. The molecule has 0 bridgehead atoms. The maximum Gasteiger partial charge on any atom is 0.0181 e. The summed E-state index contributed by atoms with van der Waals surface area (Å²) in [6.07, 6.45) is 7.56. The first kappa shape index (κ1) is 11.1. The first-order valence-corrected chi connectivity index (χ1v) is 7.26. The summed E-state index contributed by atoms with van der Waals surface area (Å²) in [6, 6.07) is 1.82. The van der Waals surface area contributed by atoms with E-state index in [0.29, 0.717) is 5.41 Å². The second kappa shape index (κ2) is 3.25. The fourth-order valence-electron chi connectivity index (χ4n) is 5.12. The Morgan fingerprint density at radius 3 is 2.62 bits per heavy atom. The molecule has 4 unspecified atom stereocenters. The molecule has 0 aromatic heterocycles. The SMILES string of the molecule is CCN1C(C(C)(C)C)C2CCCCC23CC13. The van der Waals surface area contributed by atoms with Crippen molar-refractivity contribution in [3.05, 3.63) is 0 Å². The molecule has 0 amide bonds. The van der Waals surface area contributed by atoms with E-state index in [0.717, 1.165) is 23.4 Å². The minimum absolute atomic E-state index is 0.471. The Morgan fingerprint density at radius 2 is 2.00 bits per heavy atom. The lowest BCUT2D eigenvalue weighted by Crippen LogP contribution is -2.46. The molecule has 0 N–H and O–H groups in total. The first-order valence-electron chi connectivity index (χ1n) is 7.26. The highest BCUT2D eigenvalue weighted by Gasteiger charge is 2.70. The molecule has 4 atom stereocenters.